The van der Waals surface area contributed by atoms with Crippen LogP contribution in [0.5, 0.6) is 6.01 Å². The lowest BCUT2D eigenvalue weighted by Gasteiger charge is -2.38. The normalized spacial score (nSPS) is 20.9. The standard InChI is InChI=1S/C31H33ClF3N7O/c1-20-14-41-19-36-13-23(41)15-42(20)29-24-10-12-39(27-9-3-6-21-5-2-8-25(32)28(21)27)16-26(24)37-30(38-29)43-17-22-7-4-11-40(22)18-31(33,34)35/h2-3,5-6,8-9,13,19-20,22H,4,7,10-12,14-18H2,1H3/t20-,22+/m1/s1. The second-order valence-corrected chi connectivity index (χ2v) is 12.2. The summed E-state index contributed by atoms with van der Waals surface area (Å²) in [6, 6.07) is 12.1. The van der Waals surface area contributed by atoms with Gasteiger partial charge in [-0.3, -0.25) is 4.90 Å². The Morgan fingerprint density at radius 1 is 1.07 bits per heavy atom. The number of aromatic nitrogens is 4. The van der Waals surface area contributed by atoms with E-state index in [2.05, 4.69) is 44.5 Å². The summed E-state index contributed by atoms with van der Waals surface area (Å²) in [5.41, 5.74) is 4.08. The maximum absolute atomic E-state index is 13.2. The van der Waals surface area contributed by atoms with E-state index in [1.54, 1.807) is 0 Å². The number of rotatable bonds is 6. The molecule has 0 amide bonds. The van der Waals surface area contributed by atoms with Crippen molar-refractivity contribution in [3.63, 3.8) is 0 Å². The summed E-state index contributed by atoms with van der Waals surface area (Å²) in [5.74, 6) is 0.828. The molecule has 2 aromatic heterocycles. The summed E-state index contributed by atoms with van der Waals surface area (Å²) in [5, 5.41) is 2.77. The van der Waals surface area contributed by atoms with Gasteiger partial charge in [0.05, 0.1) is 42.4 Å². The van der Waals surface area contributed by atoms with Crippen molar-refractivity contribution in [2.75, 3.05) is 36.0 Å². The summed E-state index contributed by atoms with van der Waals surface area (Å²) in [4.78, 5) is 20.1. The topological polar surface area (TPSA) is 62.6 Å². The molecule has 0 N–H and O–H groups in total. The van der Waals surface area contributed by atoms with Crippen molar-refractivity contribution in [2.45, 2.75) is 64.1 Å². The first-order valence-corrected chi connectivity index (χ1v) is 15.1. The molecule has 3 aliphatic heterocycles. The van der Waals surface area contributed by atoms with Gasteiger partial charge in [-0.2, -0.15) is 23.1 Å². The SMILES string of the molecule is C[C@@H]1Cn2cncc2CN1c1nc(OC[C@@H]2CCCN2CC(F)(F)F)nc2c1CCN(c1cccc3cccc(Cl)c13)C2. The molecule has 2 aromatic carbocycles. The Kier molecular flexibility index (Phi) is 7.33. The van der Waals surface area contributed by atoms with Gasteiger partial charge < -0.3 is 19.1 Å². The highest BCUT2D eigenvalue weighted by atomic mass is 35.5. The van der Waals surface area contributed by atoms with Crippen molar-refractivity contribution in [3.8, 4) is 6.01 Å². The molecule has 2 atom stereocenters. The number of ether oxygens (including phenoxy) is 1. The fraction of sp³-hybridized carbons (Fsp3) is 0.452. The quantitative estimate of drug-likeness (QED) is 0.271. The average Bonchev–Trinajstić information content (AvgIpc) is 3.62. The first-order chi connectivity index (χ1) is 20.7. The minimum absolute atomic E-state index is 0.110. The van der Waals surface area contributed by atoms with Crippen LogP contribution in [0.3, 0.4) is 0 Å². The molecule has 5 heterocycles. The lowest BCUT2D eigenvalue weighted by molar-refractivity contribution is -0.148. The minimum Gasteiger partial charge on any atom is -0.462 e. The number of likely N-dealkylation sites (tertiary alicyclic amines) is 1. The molecular formula is C31H33ClF3N7O. The average molecular weight is 612 g/mol. The van der Waals surface area contributed by atoms with Gasteiger partial charge in [0, 0.05) is 48.0 Å². The number of hydrogen-bond donors (Lipinski definition) is 0. The number of anilines is 2. The predicted molar refractivity (Wildman–Crippen MR) is 160 cm³/mol. The zero-order chi connectivity index (χ0) is 29.7. The van der Waals surface area contributed by atoms with Crippen LogP contribution in [0, 0.1) is 0 Å². The maximum Gasteiger partial charge on any atom is 0.401 e. The van der Waals surface area contributed by atoms with Crippen LogP contribution in [0.4, 0.5) is 24.7 Å². The van der Waals surface area contributed by atoms with Gasteiger partial charge in [-0.25, -0.2) is 4.98 Å². The first-order valence-electron chi connectivity index (χ1n) is 14.7. The van der Waals surface area contributed by atoms with Crippen LogP contribution in [0.1, 0.15) is 36.7 Å². The van der Waals surface area contributed by atoms with Crippen molar-refractivity contribution >= 4 is 33.9 Å². The molecule has 8 nitrogen and oxygen atoms in total. The highest BCUT2D eigenvalue weighted by Crippen LogP contribution is 2.38. The Bertz CT molecular complexity index is 1640. The van der Waals surface area contributed by atoms with E-state index >= 15 is 0 Å². The zero-order valence-electron chi connectivity index (χ0n) is 23.9. The lowest BCUT2D eigenvalue weighted by Crippen LogP contribution is -2.43. The smallest absolute Gasteiger partial charge is 0.401 e. The number of fused-ring (bicyclic) bond motifs is 3. The number of hydrogen-bond acceptors (Lipinski definition) is 7. The van der Waals surface area contributed by atoms with Gasteiger partial charge in [0.15, 0.2) is 0 Å². The Morgan fingerprint density at radius 2 is 1.91 bits per heavy atom. The van der Waals surface area contributed by atoms with Gasteiger partial charge in [-0.1, -0.05) is 35.9 Å². The van der Waals surface area contributed by atoms with Crippen LogP contribution in [0.2, 0.25) is 5.02 Å². The zero-order valence-corrected chi connectivity index (χ0v) is 24.7. The summed E-state index contributed by atoms with van der Waals surface area (Å²) >= 11 is 6.68. The highest BCUT2D eigenvalue weighted by Gasteiger charge is 2.37. The van der Waals surface area contributed by atoms with Gasteiger partial charge in [0.1, 0.15) is 12.4 Å². The molecule has 1 saturated heterocycles. The highest BCUT2D eigenvalue weighted by molar-refractivity contribution is 6.36. The van der Waals surface area contributed by atoms with Gasteiger partial charge in [0.25, 0.3) is 0 Å². The summed E-state index contributed by atoms with van der Waals surface area (Å²) in [7, 11) is 0. The summed E-state index contributed by atoms with van der Waals surface area (Å²) in [6.45, 7) is 4.48. The molecule has 0 unspecified atom stereocenters. The van der Waals surface area contributed by atoms with E-state index in [1.165, 1.54) is 4.90 Å². The number of alkyl halides is 3. The van der Waals surface area contributed by atoms with E-state index < -0.39 is 12.7 Å². The Balaban J connectivity index is 1.22. The maximum atomic E-state index is 13.2. The number of nitrogens with zero attached hydrogens (tertiary/aromatic N) is 7. The van der Waals surface area contributed by atoms with Crippen LogP contribution in [-0.2, 0) is 26.1 Å². The van der Waals surface area contributed by atoms with Gasteiger partial charge in [-0.15, -0.1) is 0 Å². The summed E-state index contributed by atoms with van der Waals surface area (Å²) in [6.07, 6.45) is 1.58. The molecule has 0 spiro atoms. The third kappa shape index (κ3) is 5.60. The van der Waals surface area contributed by atoms with Crippen molar-refractivity contribution in [3.05, 3.63) is 70.9 Å². The monoisotopic (exact) mass is 611 g/mol. The molecule has 7 rings (SSSR count). The Morgan fingerprint density at radius 3 is 2.74 bits per heavy atom. The van der Waals surface area contributed by atoms with Gasteiger partial charge in [0.2, 0.25) is 0 Å². The number of benzene rings is 2. The molecule has 0 aliphatic carbocycles. The largest absolute Gasteiger partial charge is 0.462 e. The van der Waals surface area contributed by atoms with Crippen molar-refractivity contribution in [2.24, 2.45) is 0 Å². The lowest BCUT2D eigenvalue weighted by atomic mass is 10.0. The minimum atomic E-state index is -4.25. The van der Waals surface area contributed by atoms with Gasteiger partial charge in [-0.05, 0) is 50.2 Å². The van der Waals surface area contributed by atoms with Crippen molar-refractivity contribution < 1.29 is 17.9 Å². The van der Waals surface area contributed by atoms with E-state index in [4.69, 9.17) is 26.3 Å². The van der Waals surface area contributed by atoms with Crippen LogP contribution in [0.25, 0.3) is 10.8 Å². The molecule has 43 heavy (non-hydrogen) atoms. The molecule has 0 bridgehead atoms. The molecular weight excluding hydrogens is 579 g/mol. The number of halogens is 4. The third-order valence-electron chi connectivity index (χ3n) is 8.88. The van der Waals surface area contributed by atoms with Crippen molar-refractivity contribution in [1.29, 1.82) is 0 Å². The fourth-order valence-electron chi connectivity index (χ4n) is 6.77. The second kappa shape index (κ2) is 11.2. The molecule has 1 fully saturated rings. The molecule has 12 heteroatoms. The van der Waals surface area contributed by atoms with E-state index in [0.717, 1.165) is 58.7 Å². The van der Waals surface area contributed by atoms with E-state index in [0.29, 0.717) is 37.5 Å². The molecule has 0 saturated carbocycles. The number of imidazole rings is 1. The van der Waals surface area contributed by atoms with E-state index in [1.807, 2.05) is 30.7 Å². The van der Waals surface area contributed by atoms with Crippen molar-refractivity contribution in [1.82, 2.24) is 24.4 Å². The summed E-state index contributed by atoms with van der Waals surface area (Å²) < 4.78 is 47.8. The van der Waals surface area contributed by atoms with Crippen LogP contribution in [0.15, 0.2) is 48.9 Å². The second-order valence-electron chi connectivity index (χ2n) is 11.7. The van der Waals surface area contributed by atoms with E-state index in [9.17, 15) is 13.2 Å². The van der Waals surface area contributed by atoms with Crippen LogP contribution < -0.4 is 14.5 Å². The molecule has 226 valence electrons. The molecule has 4 aromatic rings. The predicted octanol–water partition coefficient (Wildman–Crippen LogP) is 5.86. The Hall–Kier alpha value is -3.57. The fourth-order valence-corrected chi connectivity index (χ4v) is 7.05. The van der Waals surface area contributed by atoms with Gasteiger partial charge >= 0.3 is 12.2 Å². The third-order valence-corrected chi connectivity index (χ3v) is 9.19. The molecule has 3 aliphatic rings. The van der Waals surface area contributed by atoms with Crippen LogP contribution >= 0.6 is 11.6 Å². The Labute approximate surface area is 253 Å². The van der Waals surface area contributed by atoms with Crippen LogP contribution in [-0.4, -0.2) is 68.9 Å². The van der Waals surface area contributed by atoms with E-state index in [-0.39, 0.29) is 24.7 Å². The molecule has 0 radical (unpaired) electrons. The first kappa shape index (κ1) is 28.2.